The Morgan fingerprint density at radius 2 is 0.673 bits per heavy atom. The van der Waals surface area contributed by atoms with Crippen LogP contribution in [0.2, 0.25) is 0 Å². The molecule has 4 N–H and O–H groups in total. The van der Waals surface area contributed by atoms with Gasteiger partial charge >= 0.3 is 0 Å². The third-order valence-corrected chi connectivity index (χ3v) is 5.40. The highest BCUT2D eigenvalue weighted by Gasteiger charge is 2.23. The summed E-state index contributed by atoms with van der Waals surface area (Å²) in [5, 5.41) is 12.4. The molecule has 0 bridgehead atoms. The van der Waals surface area contributed by atoms with Crippen LogP contribution in [0, 0.1) is 32.5 Å². The Balaban J connectivity index is -0.0000000811. The number of ether oxygens (including phenoxy) is 2. The van der Waals surface area contributed by atoms with Crippen molar-refractivity contribution < 1.29 is 19.1 Å². The van der Waals surface area contributed by atoms with Crippen molar-refractivity contribution in [2.45, 2.75) is 207 Å². The van der Waals surface area contributed by atoms with Crippen molar-refractivity contribution in [3.05, 3.63) is 0 Å². The Kier molecular flexibility index (Phi) is 37.3. The molecule has 0 aliphatic heterocycles. The van der Waals surface area contributed by atoms with Gasteiger partial charge in [-0.05, 0) is 63.2 Å². The fraction of sp³-hybridized carbons (Fsp3) is 0.955. The molecule has 0 aliphatic carbocycles. The monoisotopic (exact) mass is 753 g/mol. The first-order chi connectivity index (χ1) is 20.7. The summed E-state index contributed by atoms with van der Waals surface area (Å²) in [6.07, 6.45) is 0. The Morgan fingerprint density at radius 1 is 0.385 bits per heavy atom. The Labute approximate surface area is 330 Å². The number of carbonyl (C=O) groups is 2. The highest BCUT2D eigenvalue weighted by Crippen LogP contribution is 2.16. The second kappa shape index (κ2) is 28.2. The topological polar surface area (TPSA) is 101 Å². The van der Waals surface area contributed by atoms with Crippen molar-refractivity contribution in [2.75, 3.05) is 39.8 Å². The average molecular weight is 753 g/mol. The minimum absolute atomic E-state index is 0. The molecule has 0 fully saturated rings. The third-order valence-electron chi connectivity index (χ3n) is 5.40. The predicted octanol–water partition coefficient (Wildman–Crippen LogP) is 11.7. The summed E-state index contributed by atoms with van der Waals surface area (Å²) in [6.45, 7) is 54.4. The molecule has 0 heterocycles. The van der Waals surface area contributed by atoms with Crippen molar-refractivity contribution in [1.29, 1.82) is 0 Å². The molecule has 52 heavy (non-hydrogen) atoms. The second-order valence-corrected chi connectivity index (χ2v) is 21.9. The van der Waals surface area contributed by atoms with Crippen LogP contribution < -0.4 is 21.3 Å². The number of rotatable bonds is 8. The van der Waals surface area contributed by atoms with Gasteiger partial charge in [-0.25, -0.2) is 0 Å². The van der Waals surface area contributed by atoms with E-state index in [2.05, 4.69) is 146 Å². The molecule has 0 spiro atoms. The maximum Gasteiger partial charge on any atom is 0.227 e. The van der Waals surface area contributed by atoms with E-state index in [1.165, 1.54) is 0 Å². The molecular weight excluding hydrogens is 649 g/mol. The molecule has 8 heteroatoms. The number of hydrogen-bond donors (Lipinski definition) is 4. The highest BCUT2D eigenvalue weighted by molar-refractivity contribution is 5.81. The minimum Gasteiger partial charge on any atom is -0.366 e. The van der Waals surface area contributed by atoms with E-state index in [0.29, 0.717) is 25.5 Å². The van der Waals surface area contributed by atoms with Crippen molar-refractivity contribution in [3.63, 3.8) is 0 Å². The van der Waals surface area contributed by atoms with Gasteiger partial charge in [0.15, 0.2) is 0 Å². The molecule has 0 atom stereocenters. The molecule has 0 saturated heterocycles. The summed E-state index contributed by atoms with van der Waals surface area (Å²) in [4.78, 5) is 22.8. The maximum atomic E-state index is 11.4. The molecule has 8 nitrogen and oxygen atoms in total. The summed E-state index contributed by atoms with van der Waals surface area (Å²) < 4.78 is 10.8. The fourth-order valence-corrected chi connectivity index (χ4v) is 2.50. The first kappa shape index (κ1) is 68.8. The van der Waals surface area contributed by atoms with Gasteiger partial charge in [0.1, 0.15) is 6.73 Å². The van der Waals surface area contributed by atoms with Gasteiger partial charge in [-0.2, -0.15) is 0 Å². The molecule has 0 aliphatic rings. The van der Waals surface area contributed by atoms with Gasteiger partial charge in [-0.15, -0.1) is 0 Å². The standard InChI is InChI=1S/C11H23NO2.C10H23NO.C10H21NO.C9H21N.4CH4/c1-10(2,3)7-14-8-12-9(13)11(4,5)6;1-9(2,3)7-12-8-11-10(4,5)6;1-9(2,3)7-11-8(12)10(4,5)6;1-8(2,3)7-10-9(4,5)6;;;;/h7-8H2,1-6H3,(H,12,13);11H,7-8H2,1-6H3;7H2,1-6H3,(H,11,12);10H,7H2,1-6H3;4*1H4. The van der Waals surface area contributed by atoms with Gasteiger partial charge in [0.2, 0.25) is 11.8 Å². The van der Waals surface area contributed by atoms with E-state index in [9.17, 15) is 9.59 Å². The summed E-state index contributed by atoms with van der Waals surface area (Å²) in [7, 11) is 0. The lowest BCUT2D eigenvalue weighted by atomic mass is 9.93. The van der Waals surface area contributed by atoms with Gasteiger partial charge < -0.3 is 25.4 Å². The molecular formula is C44H104N4O4. The van der Waals surface area contributed by atoms with Crippen LogP contribution in [0.1, 0.15) is 196 Å². The third kappa shape index (κ3) is 67.0. The summed E-state index contributed by atoms with van der Waals surface area (Å²) in [5.41, 5.74) is 0.766. The molecule has 2 amide bonds. The van der Waals surface area contributed by atoms with E-state index < -0.39 is 0 Å². The van der Waals surface area contributed by atoms with Crippen LogP contribution in [0.25, 0.3) is 0 Å². The van der Waals surface area contributed by atoms with Gasteiger partial charge in [0.05, 0.1) is 19.9 Å². The quantitative estimate of drug-likeness (QED) is 0.145. The lowest BCUT2D eigenvalue weighted by Gasteiger charge is -2.27. The number of carbonyl (C=O) groups excluding carboxylic acids is 2. The Hall–Kier alpha value is -1.22. The molecule has 0 aromatic heterocycles. The largest absolute Gasteiger partial charge is 0.366 e. The minimum atomic E-state index is -0.342. The number of nitrogens with one attached hydrogen (secondary N) is 4. The maximum absolute atomic E-state index is 11.4. The van der Waals surface area contributed by atoms with Crippen molar-refractivity contribution >= 4 is 11.8 Å². The fourth-order valence-electron chi connectivity index (χ4n) is 2.50. The molecule has 0 unspecified atom stereocenters. The first-order valence-electron chi connectivity index (χ1n) is 17.9. The second-order valence-electron chi connectivity index (χ2n) is 21.9. The van der Waals surface area contributed by atoms with Crippen LogP contribution in [0.15, 0.2) is 0 Å². The van der Waals surface area contributed by atoms with Crippen molar-refractivity contribution in [2.24, 2.45) is 32.5 Å². The van der Waals surface area contributed by atoms with Crippen LogP contribution in [-0.2, 0) is 19.1 Å². The lowest BCUT2D eigenvalue weighted by molar-refractivity contribution is -0.130. The number of hydrogen-bond acceptors (Lipinski definition) is 6. The highest BCUT2D eigenvalue weighted by atomic mass is 16.5. The zero-order chi connectivity index (χ0) is 39.6. The molecule has 0 rings (SSSR count). The van der Waals surface area contributed by atoms with Crippen LogP contribution in [-0.4, -0.2) is 62.7 Å². The zero-order valence-corrected chi connectivity index (χ0v) is 36.9. The predicted molar refractivity (Wildman–Crippen MR) is 237 cm³/mol. The summed E-state index contributed by atoms with van der Waals surface area (Å²) in [5.74, 6) is 0.142. The normalized spacial score (nSPS) is 12.2. The van der Waals surface area contributed by atoms with E-state index in [4.69, 9.17) is 9.47 Å². The van der Waals surface area contributed by atoms with Crippen LogP contribution in [0.3, 0.4) is 0 Å². The van der Waals surface area contributed by atoms with Crippen molar-refractivity contribution in [3.8, 4) is 0 Å². The summed E-state index contributed by atoms with van der Waals surface area (Å²) >= 11 is 0. The zero-order valence-electron chi connectivity index (χ0n) is 36.9. The molecule has 0 aromatic carbocycles. The molecule has 324 valence electrons. The van der Waals surface area contributed by atoms with Crippen molar-refractivity contribution in [1.82, 2.24) is 21.3 Å². The van der Waals surface area contributed by atoms with E-state index in [1.54, 1.807) is 0 Å². The van der Waals surface area contributed by atoms with Gasteiger partial charge in [-0.3, -0.25) is 14.9 Å². The SMILES string of the molecule is C.C.C.C.CC(C)(C)CNC(=O)C(C)(C)C.CC(C)(C)CNC(C)(C)C.CC(C)(C)COCNC(=O)C(C)(C)C.CC(C)(C)COCNC(C)(C)C. The number of amides is 2. The smallest absolute Gasteiger partial charge is 0.227 e. The molecule has 0 radical (unpaired) electrons. The average Bonchev–Trinajstić information content (AvgIpc) is 2.78. The van der Waals surface area contributed by atoms with Gasteiger partial charge in [0, 0.05) is 35.0 Å². The van der Waals surface area contributed by atoms with Crippen LogP contribution in [0.4, 0.5) is 0 Å². The van der Waals surface area contributed by atoms with Gasteiger partial charge in [0.25, 0.3) is 0 Å². The Morgan fingerprint density at radius 3 is 0.904 bits per heavy atom. The van der Waals surface area contributed by atoms with Crippen LogP contribution >= 0.6 is 0 Å². The lowest BCUT2D eigenvalue weighted by Crippen LogP contribution is -2.40. The van der Waals surface area contributed by atoms with E-state index >= 15 is 0 Å². The first-order valence-corrected chi connectivity index (χ1v) is 17.9. The summed E-state index contributed by atoms with van der Waals surface area (Å²) in [6, 6.07) is 0. The van der Waals surface area contributed by atoms with Gasteiger partial charge in [-0.1, -0.05) is 154 Å². The van der Waals surface area contributed by atoms with E-state index in [-0.39, 0.29) is 79.7 Å². The molecule has 0 aromatic rings. The Bertz CT molecular complexity index is 815. The van der Waals surface area contributed by atoms with E-state index in [0.717, 1.165) is 19.7 Å². The molecule has 0 saturated carbocycles. The van der Waals surface area contributed by atoms with E-state index in [1.807, 2.05) is 41.5 Å². The van der Waals surface area contributed by atoms with Crippen LogP contribution in [0.5, 0.6) is 0 Å².